The molecular formula is C29H28F4N3OP. The Kier molecular flexibility index (Phi) is 9.70. The Hall–Kier alpha value is -3.64. The van der Waals surface area contributed by atoms with E-state index in [4.69, 9.17) is 4.98 Å². The topological polar surface area (TPSA) is 46.1 Å². The Balaban J connectivity index is 0.00000195. The van der Waals surface area contributed by atoms with Crippen molar-refractivity contribution >= 4 is 26.3 Å². The van der Waals surface area contributed by atoms with Crippen LogP contribution >= 0.6 is 9.24 Å². The van der Waals surface area contributed by atoms with Gasteiger partial charge in [0.15, 0.2) is 23.3 Å². The predicted molar refractivity (Wildman–Crippen MR) is 146 cm³/mol. The average Bonchev–Trinajstić information content (AvgIpc) is 2.94. The van der Waals surface area contributed by atoms with Gasteiger partial charge >= 0.3 is 0 Å². The second-order valence-electron chi connectivity index (χ2n) is 8.28. The molecule has 3 aromatic carbocycles. The Morgan fingerprint density at radius 1 is 0.921 bits per heavy atom. The summed E-state index contributed by atoms with van der Waals surface area (Å²) in [5, 5.41) is -0.199. The second-order valence-corrected chi connectivity index (χ2v) is 8.86. The van der Waals surface area contributed by atoms with Crippen molar-refractivity contribution in [3.8, 4) is 11.3 Å². The first kappa shape index (κ1) is 28.9. The molecule has 4 nitrogen and oxygen atoms in total. The fourth-order valence-electron chi connectivity index (χ4n) is 3.83. The van der Waals surface area contributed by atoms with Gasteiger partial charge in [0.1, 0.15) is 5.82 Å². The van der Waals surface area contributed by atoms with Crippen molar-refractivity contribution in [2.75, 3.05) is 11.9 Å². The number of anilines is 1. The summed E-state index contributed by atoms with van der Waals surface area (Å²) in [6.07, 6.45) is 1.45. The Bertz CT molecular complexity index is 1400. The molecule has 0 N–H and O–H groups in total. The van der Waals surface area contributed by atoms with Gasteiger partial charge in [0, 0.05) is 24.3 Å². The van der Waals surface area contributed by atoms with Gasteiger partial charge < -0.3 is 0 Å². The van der Waals surface area contributed by atoms with E-state index in [1.54, 1.807) is 12.1 Å². The number of rotatable bonds is 6. The van der Waals surface area contributed by atoms with Gasteiger partial charge in [-0.05, 0) is 47.9 Å². The van der Waals surface area contributed by atoms with Crippen LogP contribution in [0.1, 0.15) is 36.2 Å². The van der Waals surface area contributed by atoms with Gasteiger partial charge in [-0.2, -0.15) is 0 Å². The predicted octanol–water partition coefficient (Wildman–Crippen LogP) is 6.33. The number of carbonyl (C=O) groups is 1. The molecule has 4 rings (SSSR count). The first-order chi connectivity index (χ1) is 18.2. The van der Waals surface area contributed by atoms with E-state index in [9.17, 15) is 22.4 Å². The van der Waals surface area contributed by atoms with E-state index in [2.05, 4.69) is 4.98 Å². The summed E-state index contributed by atoms with van der Waals surface area (Å²) < 4.78 is 55.4. The van der Waals surface area contributed by atoms with Gasteiger partial charge in [0.2, 0.25) is 5.91 Å². The monoisotopic (exact) mass is 541 g/mol. The lowest BCUT2D eigenvalue weighted by Gasteiger charge is -2.21. The van der Waals surface area contributed by atoms with Crippen LogP contribution in [0.15, 0.2) is 60.8 Å². The van der Waals surface area contributed by atoms with Crippen LogP contribution in [0, 0.1) is 30.2 Å². The fourth-order valence-corrected chi connectivity index (χ4v) is 4.28. The van der Waals surface area contributed by atoms with Crippen molar-refractivity contribution in [1.82, 2.24) is 9.97 Å². The second kappa shape index (κ2) is 12.7. The van der Waals surface area contributed by atoms with E-state index in [1.165, 1.54) is 37.2 Å². The van der Waals surface area contributed by atoms with Crippen molar-refractivity contribution in [2.24, 2.45) is 0 Å². The highest BCUT2D eigenvalue weighted by atomic mass is 31.0. The first-order valence-corrected chi connectivity index (χ1v) is 12.6. The quantitative estimate of drug-likeness (QED) is 0.163. The van der Waals surface area contributed by atoms with E-state index >= 15 is 0 Å². The molecule has 0 saturated heterocycles. The summed E-state index contributed by atoms with van der Waals surface area (Å²) in [5.41, 5.74) is 2.47. The molecule has 0 aliphatic heterocycles. The third-order valence-corrected chi connectivity index (χ3v) is 6.53. The molecule has 1 heterocycles. The van der Waals surface area contributed by atoms with Crippen molar-refractivity contribution in [3.05, 3.63) is 106 Å². The summed E-state index contributed by atoms with van der Waals surface area (Å²) in [4.78, 5) is 23.6. The molecule has 0 aliphatic carbocycles. The van der Waals surface area contributed by atoms with Crippen molar-refractivity contribution in [2.45, 2.75) is 33.6 Å². The van der Waals surface area contributed by atoms with Gasteiger partial charge in [-0.25, -0.2) is 27.5 Å². The third-order valence-electron chi connectivity index (χ3n) is 5.93. The summed E-state index contributed by atoms with van der Waals surface area (Å²) in [6, 6.07) is 15.3. The minimum atomic E-state index is -1.57. The van der Waals surface area contributed by atoms with Crippen LogP contribution < -0.4 is 10.2 Å². The van der Waals surface area contributed by atoms with Crippen LogP contribution in [-0.4, -0.2) is 22.9 Å². The molecule has 0 radical (unpaired) electrons. The zero-order valence-corrected chi connectivity index (χ0v) is 22.7. The molecule has 1 unspecified atom stereocenters. The SMILES string of the molecule is CC.Cc1c(F)c(F)c(F)c(P)c1CC(=O)N(C)c1ncc(-c2ccc(F)cc2)nc1Cc1ccccc1. The van der Waals surface area contributed by atoms with Gasteiger partial charge in [0.05, 0.1) is 24.0 Å². The van der Waals surface area contributed by atoms with Crippen molar-refractivity contribution < 1.29 is 22.4 Å². The number of amides is 1. The number of hydrogen-bond acceptors (Lipinski definition) is 3. The molecule has 9 heteroatoms. The smallest absolute Gasteiger partial charge is 0.232 e. The van der Waals surface area contributed by atoms with E-state index in [1.807, 2.05) is 53.4 Å². The summed E-state index contributed by atoms with van der Waals surface area (Å²) in [7, 11) is 3.53. The highest BCUT2D eigenvalue weighted by Gasteiger charge is 2.25. The summed E-state index contributed by atoms with van der Waals surface area (Å²) >= 11 is 0. The fraction of sp³-hybridized carbons (Fsp3) is 0.207. The molecular weight excluding hydrogens is 513 g/mol. The van der Waals surface area contributed by atoms with Gasteiger partial charge in [-0.3, -0.25) is 9.69 Å². The first-order valence-electron chi connectivity index (χ1n) is 12.0. The lowest BCUT2D eigenvalue weighted by molar-refractivity contribution is -0.117. The van der Waals surface area contributed by atoms with Crippen LogP contribution in [0.2, 0.25) is 0 Å². The Morgan fingerprint density at radius 2 is 1.55 bits per heavy atom. The number of halogens is 4. The highest BCUT2D eigenvalue weighted by molar-refractivity contribution is 7.27. The largest absolute Gasteiger partial charge is 0.298 e. The number of benzene rings is 3. The number of hydrogen-bond donors (Lipinski definition) is 0. The van der Waals surface area contributed by atoms with Gasteiger partial charge in [-0.1, -0.05) is 44.2 Å². The molecule has 1 amide bonds. The zero-order chi connectivity index (χ0) is 28.0. The van der Waals surface area contributed by atoms with Crippen molar-refractivity contribution in [1.29, 1.82) is 0 Å². The standard InChI is InChI=1S/C27H22F4N3OP.C2H6/c1-15-19(26(36)25(31)24(30)23(15)29)13-22(35)34(2)27-20(12-16-6-4-3-5-7-16)33-21(14-32-27)17-8-10-18(28)11-9-17;1-2/h3-11,14H,12-13,36H2,1-2H3;1-2H3. The molecule has 0 fully saturated rings. The number of nitrogens with zero attached hydrogens (tertiary/aromatic N) is 3. The third kappa shape index (κ3) is 6.25. The van der Waals surface area contributed by atoms with E-state index in [-0.39, 0.29) is 34.5 Å². The molecule has 0 spiro atoms. The molecule has 198 valence electrons. The maximum atomic E-state index is 14.1. The zero-order valence-electron chi connectivity index (χ0n) is 21.5. The molecule has 4 aromatic rings. The van der Waals surface area contributed by atoms with Crippen LogP contribution in [0.3, 0.4) is 0 Å². The van der Waals surface area contributed by atoms with Gasteiger partial charge in [-0.15, -0.1) is 9.24 Å². The van der Waals surface area contributed by atoms with Crippen LogP contribution in [0.4, 0.5) is 23.4 Å². The Morgan fingerprint density at radius 3 is 2.18 bits per heavy atom. The summed E-state index contributed by atoms with van der Waals surface area (Å²) in [5.74, 6) is -4.87. The van der Waals surface area contributed by atoms with E-state index in [0.29, 0.717) is 23.4 Å². The molecule has 38 heavy (non-hydrogen) atoms. The normalized spacial score (nSPS) is 10.6. The maximum absolute atomic E-state index is 14.1. The minimum Gasteiger partial charge on any atom is -0.298 e. The molecule has 0 bridgehead atoms. The number of aromatic nitrogens is 2. The highest BCUT2D eigenvalue weighted by Crippen LogP contribution is 2.26. The number of carbonyl (C=O) groups excluding carboxylic acids is 1. The lowest BCUT2D eigenvalue weighted by atomic mass is 10.0. The van der Waals surface area contributed by atoms with Crippen LogP contribution in [-0.2, 0) is 17.6 Å². The van der Waals surface area contributed by atoms with Crippen molar-refractivity contribution in [3.63, 3.8) is 0 Å². The van der Waals surface area contributed by atoms with E-state index < -0.39 is 23.4 Å². The molecule has 1 aromatic heterocycles. The molecule has 0 saturated carbocycles. The average molecular weight is 542 g/mol. The molecule has 1 atom stereocenters. The minimum absolute atomic E-state index is 0.0498. The maximum Gasteiger partial charge on any atom is 0.232 e. The van der Waals surface area contributed by atoms with Gasteiger partial charge in [0.25, 0.3) is 0 Å². The number of likely N-dealkylation sites (N-methyl/N-ethyl adjacent to an activating group) is 1. The van der Waals surface area contributed by atoms with E-state index in [0.717, 1.165) is 5.56 Å². The lowest BCUT2D eigenvalue weighted by Crippen LogP contribution is -2.32. The molecule has 0 aliphatic rings. The Labute approximate surface area is 222 Å². The van der Waals surface area contributed by atoms with Crippen LogP contribution in [0.25, 0.3) is 11.3 Å². The summed E-state index contributed by atoms with van der Waals surface area (Å²) in [6.45, 7) is 5.30. The van der Waals surface area contributed by atoms with Crippen LogP contribution in [0.5, 0.6) is 0 Å².